The first-order valence-electron chi connectivity index (χ1n) is 5.64. The number of nitrogens with two attached hydrogens (primary N) is 1. The Bertz CT molecular complexity index is 388. The van der Waals surface area contributed by atoms with Crippen molar-refractivity contribution in [2.24, 2.45) is 5.73 Å². The minimum atomic E-state index is 0.595. The molecular formula is C12H17N3S. The van der Waals surface area contributed by atoms with Crippen LogP contribution in [-0.4, -0.2) is 22.6 Å². The number of thiocarbonyl (C=S) groups is 1. The largest absolute Gasteiger partial charge is 0.393 e. The molecule has 0 saturated heterocycles. The van der Waals surface area contributed by atoms with Gasteiger partial charge in [-0.05, 0) is 31.4 Å². The van der Waals surface area contributed by atoms with E-state index in [1.807, 2.05) is 12.4 Å². The second kappa shape index (κ2) is 4.78. The van der Waals surface area contributed by atoms with E-state index in [-0.39, 0.29) is 0 Å². The van der Waals surface area contributed by atoms with Gasteiger partial charge in [-0.1, -0.05) is 12.2 Å². The molecule has 1 heterocycles. The van der Waals surface area contributed by atoms with Crippen LogP contribution >= 0.6 is 12.2 Å². The second-order valence-corrected chi connectivity index (χ2v) is 4.83. The van der Waals surface area contributed by atoms with Crippen LogP contribution in [0.5, 0.6) is 0 Å². The third-order valence-corrected chi connectivity index (χ3v) is 3.09. The summed E-state index contributed by atoms with van der Waals surface area (Å²) in [4.78, 5) is 7.13. The highest BCUT2D eigenvalue weighted by atomic mass is 32.1. The van der Waals surface area contributed by atoms with Crippen LogP contribution in [-0.2, 0) is 0 Å². The van der Waals surface area contributed by atoms with E-state index in [0.717, 1.165) is 13.0 Å². The smallest absolute Gasteiger partial charge is 0.0745 e. The number of aromatic nitrogens is 1. The van der Waals surface area contributed by atoms with E-state index in [0.29, 0.717) is 11.0 Å². The van der Waals surface area contributed by atoms with Crippen LogP contribution in [0.3, 0.4) is 0 Å². The molecular weight excluding hydrogens is 218 g/mol. The van der Waals surface area contributed by atoms with E-state index in [1.54, 1.807) is 0 Å². The minimum Gasteiger partial charge on any atom is -0.393 e. The zero-order valence-electron chi connectivity index (χ0n) is 9.52. The molecule has 16 heavy (non-hydrogen) atoms. The van der Waals surface area contributed by atoms with E-state index in [4.69, 9.17) is 18.0 Å². The van der Waals surface area contributed by atoms with Crippen molar-refractivity contribution in [3.8, 4) is 0 Å². The van der Waals surface area contributed by atoms with Gasteiger partial charge in [-0.2, -0.15) is 0 Å². The fourth-order valence-corrected chi connectivity index (χ4v) is 2.00. The van der Waals surface area contributed by atoms with Crippen molar-refractivity contribution in [1.82, 2.24) is 4.98 Å². The normalized spacial score (nSPS) is 14.8. The Labute approximate surface area is 102 Å². The van der Waals surface area contributed by atoms with E-state index >= 15 is 0 Å². The molecule has 2 N–H and O–H groups in total. The lowest BCUT2D eigenvalue weighted by Crippen LogP contribution is -2.30. The van der Waals surface area contributed by atoms with Gasteiger partial charge >= 0.3 is 0 Å². The standard InChI is InChI=1S/C12H17N3S/c1-9-8-14-6-4-11(9)15(10-2-3-10)7-5-12(13)16/h4,6,8,10H,2-3,5,7H2,1H3,(H2,13,16). The molecule has 0 atom stereocenters. The predicted molar refractivity (Wildman–Crippen MR) is 70.7 cm³/mol. The highest BCUT2D eigenvalue weighted by Gasteiger charge is 2.29. The Kier molecular flexibility index (Phi) is 3.39. The molecule has 0 aliphatic heterocycles. The summed E-state index contributed by atoms with van der Waals surface area (Å²) in [5.74, 6) is 0. The molecule has 86 valence electrons. The molecule has 1 fully saturated rings. The molecule has 1 aromatic heterocycles. The third-order valence-electron chi connectivity index (χ3n) is 2.89. The molecule has 4 heteroatoms. The third kappa shape index (κ3) is 2.70. The summed E-state index contributed by atoms with van der Waals surface area (Å²) < 4.78 is 0. The van der Waals surface area contributed by atoms with Gasteiger partial charge in [0.25, 0.3) is 0 Å². The van der Waals surface area contributed by atoms with Crippen LogP contribution in [0.15, 0.2) is 18.5 Å². The topological polar surface area (TPSA) is 42.2 Å². The molecule has 1 aliphatic rings. The zero-order chi connectivity index (χ0) is 11.5. The number of aryl methyl sites for hydroxylation is 1. The van der Waals surface area contributed by atoms with Gasteiger partial charge in [0.1, 0.15) is 0 Å². The maximum Gasteiger partial charge on any atom is 0.0745 e. The Morgan fingerprint density at radius 2 is 2.38 bits per heavy atom. The van der Waals surface area contributed by atoms with Crippen LogP contribution in [0.1, 0.15) is 24.8 Å². The SMILES string of the molecule is Cc1cnccc1N(CCC(N)=S)C1CC1. The Hall–Kier alpha value is -1.16. The summed E-state index contributed by atoms with van der Waals surface area (Å²) in [6.07, 6.45) is 7.09. The lowest BCUT2D eigenvalue weighted by molar-refractivity contribution is 0.797. The number of nitrogens with zero attached hydrogens (tertiary/aromatic N) is 2. The number of hydrogen-bond acceptors (Lipinski definition) is 3. The summed E-state index contributed by atoms with van der Waals surface area (Å²) in [5, 5.41) is 0. The van der Waals surface area contributed by atoms with Crippen LogP contribution in [0.4, 0.5) is 5.69 Å². The fraction of sp³-hybridized carbons (Fsp3) is 0.500. The average molecular weight is 235 g/mol. The first-order valence-corrected chi connectivity index (χ1v) is 6.05. The van der Waals surface area contributed by atoms with Crippen LogP contribution in [0.2, 0.25) is 0 Å². The second-order valence-electron chi connectivity index (χ2n) is 4.30. The van der Waals surface area contributed by atoms with E-state index in [1.165, 1.54) is 24.1 Å². The lowest BCUT2D eigenvalue weighted by Gasteiger charge is -2.25. The van der Waals surface area contributed by atoms with Gasteiger partial charge in [-0.25, -0.2) is 0 Å². The van der Waals surface area contributed by atoms with E-state index in [9.17, 15) is 0 Å². The highest BCUT2D eigenvalue weighted by Crippen LogP contribution is 2.33. The van der Waals surface area contributed by atoms with Gasteiger partial charge in [-0.15, -0.1) is 0 Å². The molecule has 1 saturated carbocycles. The van der Waals surface area contributed by atoms with Crippen LogP contribution in [0, 0.1) is 6.92 Å². The first kappa shape index (κ1) is 11.3. The summed E-state index contributed by atoms with van der Waals surface area (Å²) in [6.45, 7) is 3.02. The quantitative estimate of drug-likeness (QED) is 0.793. The van der Waals surface area contributed by atoms with Crippen LogP contribution in [0.25, 0.3) is 0 Å². The summed E-state index contributed by atoms with van der Waals surface area (Å²) in [7, 11) is 0. The molecule has 0 spiro atoms. The van der Waals surface area contributed by atoms with Crippen molar-refractivity contribution in [1.29, 1.82) is 0 Å². The number of rotatable bonds is 5. The molecule has 0 unspecified atom stereocenters. The molecule has 3 nitrogen and oxygen atoms in total. The minimum absolute atomic E-state index is 0.595. The van der Waals surface area contributed by atoms with Gasteiger partial charge in [0, 0.05) is 37.1 Å². The van der Waals surface area contributed by atoms with Gasteiger partial charge in [0.2, 0.25) is 0 Å². The maximum atomic E-state index is 5.57. The first-order chi connectivity index (χ1) is 7.68. The summed E-state index contributed by atoms with van der Waals surface area (Å²) in [6, 6.07) is 2.75. The Balaban J connectivity index is 2.12. The van der Waals surface area contributed by atoms with Crippen molar-refractivity contribution >= 4 is 22.9 Å². The van der Waals surface area contributed by atoms with Crippen molar-refractivity contribution in [2.75, 3.05) is 11.4 Å². The van der Waals surface area contributed by atoms with Crippen molar-refractivity contribution in [3.05, 3.63) is 24.0 Å². The van der Waals surface area contributed by atoms with Crippen molar-refractivity contribution in [2.45, 2.75) is 32.2 Å². The number of anilines is 1. The number of pyridine rings is 1. The Morgan fingerprint density at radius 1 is 1.62 bits per heavy atom. The van der Waals surface area contributed by atoms with Gasteiger partial charge in [0.15, 0.2) is 0 Å². The predicted octanol–water partition coefficient (Wildman–Crippen LogP) is 2.04. The highest BCUT2D eigenvalue weighted by molar-refractivity contribution is 7.80. The fourth-order valence-electron chi connectivity index (χ4n) is 1.90. The molecule has 0 radical (unpaired) electrons. The van der Waals surface area contributed by atoms with Gasteiger partial charge in [-0.3, -0.25) is 4.98 Å². The zero-order valence-corrected chi connectivity index (χ0v) is 10.3. The summed E-state index contributed by atoms with van der Waals surface area (Å²) in [5.41, 5.74) is 8.06. The maximum absolute atomic E-state index is 5.57. The molecule has 1 aliphatic carbocycles. The van der Waals surface area contributed by atoms with Crippen molar-refractivity contribution < 1.29 is 0 Å². The van der Waals surface area contributed by atoms with Crippen molar-refractivity contribution in [3.63, 3.8) is 0 Å². The Morgan fingerprint density at radius 3 is 2.94 bits per heavy atom. The van der Waals surface area contributed by atoms with E-state index < -0.39 is 0 Å². The molecule has 2 rings (SSSR count). The van der Waals surface area contributed by atoms with Gasteiger partial charge < -0.3 is 10.6 Å². The lowest BCUT2D eigenvalue weighted by atomic mass is 10.2. The van der Waals surface area contributed by atoms with Gasteiger partial charge in [0.05, 0.1) is 4.99 Å². The molecule has 0 bridgehead atoms. The summed E-state index contributed by atoms with van der Waals surface area (Å²) >= 11 is 4.94. The molecule has 0 amide bonds. The monoisotopic (exact) mass is 235 g/mol. The number of hydrogen-bond donors (Lipinski definition) is 1. The van der Waals surface area contributed by atoms with Crippen LogP contribution < -0.4 is 10.6 Å². The average Bonchev–Trinajstić information content (AvgIpc) is 3.04. The van der Waals surface area contributed by atoms with E-state index in [2.05, 4.69) is 22.9 Å². The molecule has 1 aromatic rings. The molecule has 0 aromatic carbocycles.